The Hall–Kier alpha value is -1.14. The summed E-state index contributed by atoms with van der Waals surface area (Å²) in [7, 11) is 0. The van der Waals surface area contributed by atoms with Crippen LogP contribution in [0.2, 0.25) is 0 Å². The fraction of sp³-hybridized carbons (Fsp3) is 0.733. The highest BCUT2D eigenvalue weighted by Gasteiger charge is 2.43. The molecule has 0 radical (unpaired) electrons. The van der Waals surface area contributed by atoms with Gasteiger partial charge >= 0.3 is 0 Å². The monoisotopic (exact) mass is 308 g/mol. The molecule has 2 fully saturated rings. The first-order chi connectivity index (χ1) is 10.2. The Morgan fingerprint density at radius 2 is 2.24 bits per heavy atom. The molecule has 0 saturated carbocycles. The first-order valence-corrected chi connectivity index (χ1v) is 8.82. The van der Waals surface area contributed by atoms with Crippen LogP contribution in [0, 0.1) is 0 Å². The minimum atomic E-state index is -0.280. The number of rotatable bonds is 4. The molecule has 1 aromatic heterocycles. The smallest absolute Gasteiger partial charge is 0.242 e. The van der Waals surface area contributed by atoms with Crippen molar-refractivity contribution in [3.63, 3.8) is 0 Å². The standard InChI is InChI=1S/C15H24N4OS/c1-2-4-15(5-3-6-17-15)13(20)18-8-10-19(11-9-18)14-16-7-12-21-14/h7,12,17H,2-6,8-11H2,1H3. The number of anilines is 1. The molecule has 6 heteroatoms. The maximum absolute atomic E-state index is 12.9. The second kappa shape index (κ2) is 6.32. The molecule has 0 bridgehead atoms. The number of hydrogen-bond donors (Lipinski definition) is 1. The summed E-state index contributed by atoms with van der Waals surface area (Å²) in [5, 5.41) is 6.57. The predicted molar refractivity (Wildman–Crippen MR) is 85.8 cm³/mol. The first-order valence-electron chi connectivity index (χ1n) is 7.94. The van der Waals surface area contributed by atoms with Crippen LogP contribution >= 0.6 is 11.3 Å². The number of amides is 1. The highest BCUT2D eigenvalue weighted by molar-refractivity contribution is 7.13. The van der Waals surface area contributed by atoms with E-state index in [0.29, 0.717) is 5.91 Å². The lowest BCUT2D eigenvalue weighted by Gasteiger charge is -2.39. The Balaban J connectivity index is 1.62. The van der Waals surface area contributed by atoms with Crippen molar-refractivity contribution in [1.82, 2.24) is 15.2 Å². The molecule has 2 aliphatic heterocycles. The van der Waals surface area contributed by atoms with Gasteiger partial charge in [-0.05, 0) is 25.8 Å². The lowest BCUT2D eigenvalue weighted by Crippen LogP contribution is -2.59. The quantitative estimate of drug-likeness (QED) is 0.920. The summed E-state index contributed by atoms with van der Waals surface area (Å²) >= 11 is 1.67. The van der Waals surface area contributed by atoms with Crippen LogP contribution in [-0.2, 0) is 4.79 Å². The number of hydrogen-bond acceptors (Lipinski definition) is 5. The molecule has 1 unspecified atom stereocenters. The summed E-state index contributed by atoms with van der Waals surface area (Å²) in [5.74, 6) is 0.320. The molecule has 0 aliphatic carbocycles. The molecule has 0 spiro atoms. The Morgan fingerprint density at radius 3 is 2.81 bits per heavy atom. The van der Waals surface area contributed by atoms with E-state index < -0.39 is 0 Å². The molecular formula is C15H24N4OS. The van der Waals surface area contributed by atoms with E-state index in [0.717, 1.165) is 63.5 Å². The topological polar surface area (TPSA) is 48.5 Å². The van der Waals surface area contributed by atoms with Crippen molar-refractivity contribution >= 4 is 22.4 Å². The number of carbonyl (C=O) groups is 1. The first kappa shape index (κ1) is 14.8. The molecule has 3 rings (SSSR count). The van der Waals surface area contributed by atoms with Gasteiger partial charge in [-0.15, -0.1) is 11.3 Å². The number of piperazine rings is 1. The van der Waals surface area contributed by atoms with E-state index >= 15 is 0 Å². The van der Waals surface area contributed by atoms with E-state index in [9.17, 15) is 4.79 Å². The molecule has 1 N–H and O–H groups in total. The zero-order valence-electron chi connectivity index (χ0n) is 12.7. The molecule has 2 aliphatic rings. The molecule has 1 atom stereocenters. The summed E-state index contributed by atoms with van der Waals surface area (Å²) in [6.07, 6.45) is 5.96. The summed E-state index contributed by atoms with van der Waals surface area (Å²) < 4.78 is 0. The van der Waals surface area contributed by atoms with Gasteiger partial charge in [0.15, 0.2) is 5.13 Å². The maximum atomic E-state index is 12.9. The molecule has 21 heavy (non-hydrogen) atoms. The van der Waals surface area contributed by atoms with Gasteiger partial charge in [0.2, 0.25) is 5.91 Å². The maximum Gasteiger partial charge on any atom is 0.242 e. The van der Waals surface area contributed by atoms with Gasteiger partial charge in [-0.2, -0.15) is 0 Å². The highest BCUT2D eigenvalue weighted by Crippen LogP contribution is 2.28. The molecule has 2 saturated heterocycles. The number of carbonyl (C=O) groups excluding carboxylic acids is 1. The van der Waals surface area contributed by atoms with E-state index in [-0.39, 0.29) is 5.54 Å². The second-order valence-electron chi connectivity index (χ2n) is 5.96. The number of nitrogens with zero attached hydrogens (tertiary/aromatic N) is 3. The van der Waals surface area contributed by atoms with E-state index in [1.807, 2.05) is 11.6 Å². The lowest BCUT2D eigenvalue weighted by molar-refractivity contribution is -0.138. The summed E-state index contributed by atoms with van der Waals surface area (Å²) in [6.45, 7) is 6.54. The van der Waals surface area contributed by atoms with Crippen molar-refractivity contribution in [2.24, 2.45) is 0 Å². The minimum Gasteiger partial charge on any atom is -0.345 e. The van der Waals surface area contributed by atoms with Crippen LogP contribution in [0.3, 0.4) is 0 Å². The summed E-state index contributed by atoms with van der Waals surface area (Å²) in [5.41, 5.74) is -0.280. The van der Waals surface area contributed by atoms with Crippen molar-refractivity contribution < 1.29 is 4.79 Å². The molecular weight excluding hydrogens is 284 g/mol. The van der Waals surface area contributed by atoms with Crippen molar-refractivity contribution in [2.75, 3.05) is 37.6 Å². The van der Waals surface area contributed by atoms with Crippen molar-refractivity contribution in [3.05, 3.63) is 11.6 Å². The van der Waals surface area contributed by atoms with Gasteiger partial charge in [-0.3, -0.25) is 4.79 Å². The van der Waals surface area contributed by atoms with E-state index in [4.69, 9.17) is 0 Å². The van der Waals surface area contributed by atoms with Crippen LogP contribution in [0.5, 0.6) is 0 Å². The van der Waals surface area contributed by atoms with Crippen LogP contribution < -0.4 is 10.2 Å². The zero-order chi connectivity index (χ0) is 14.7. The number of aromatic nitrogens is 1. The third-order valence-electron chi connectivity index (χ3n) is 4.59. The van der Waals surface area contributed by atoms with Crippen LogP contribution in [0.1, 0.15) is 32.6 Å². The Morgan fingerprint density at radius 1 is 1.43 bits per heavy atom. The largest absolute Gasteiger partial charge is 0.345 e. The fourth-order valence-corrected chi connectivity index (χ4v) is 4.21. The molecule has 3 heterocycles. The average molecular weight is 308 g/mol. The Bertz CT molecular complexity index is 462. The van der Waals surface area contributed by atoms with Crippen molar-refractivity contribution in [1.29, 1.82) is 0 Å². The Kier molecular flexibility index (Phi) is 4.45. The third-order valence-corrected chi connectivity index (χ3v) is 5.42. The predicted octanol–water partition coefficient (Wildman–Crippen LogP) is 1.71. The van der Waals surface area contributed by atoms with Gasteiger partial charge in [0.1, 0.15) is 0 Å². The SMILES string of the molecule is CCCC1(C(=O)N2CCN(c3nccs3)CC2)CCCN1. The molecule has 5 nitrogen and oxygen atoms in total. The molecule has 1 aromatic rings. The van der Waals surface area contributed by atoms with E-state index in [1.54, 1.807) is 11.3 Å². The zero-order valence-corrected chi connectivity index (χ0v) is 13.5. The van der Waals surface area contributed by atoms with Crippen LogP contribution in [0.15, 0.2) is 11.6 Å². The normalized spacial score (nSPS) is 26.3. The van der Waals surface area contributed by atoms with Crippen LogP contribution in [0.25, 0.3) is 0 Å². The van der Waals surface area contributed by atoms with Gasteiger partial charge in [0.05, 0.1) is 5.54 Å². The van der Waals surface area contributed by atoms with Crippen molar-refractivity contribution in [2.45, 2.75) is 38.1 Å². The fourth-order valence-electron chi connectivity index (χ4n) is 3.51. The third kappa shape index (κ3) is 2.92. The van der Waals surface area contributed by atoms with Gasteiger partial charge in [0.25, 0.3) is 0 Å². The van der Waals surface area contributed by atoms with Gasteiger partial charge in [-0.1, -0.05) is 13.3 Å². The van der Waals surface area contributed by atoms with Crippen LogP contribution in [0.4, 0.5) is 5.13 Å². The molecule has 1 amide bonds. The minimum absolute atomic E-state index is 0.280. The Labute approximate surface area is 130 Å². The molecule has 0 aromatic carbocycles. The average Bonchev–Trinajstić information content (AvgIpc) is 3.19. The number of nitrogens with one attached hydrogen (secondary N) is 1. The summed E-state index contributed by atoms with van der Waals surface area (Å²) in [6, 6.07) is 0. The van der Waals surface area contributed by atoms with Gasteiger partial charge < -0.3 is 15.1 Å². The summed E-state index contributed by atoms with van der Waals surface area (Å²) in [4.78, 5) is 21.6. The van der Waals surface area contributed by atoms with Gasteiger partial charge in [0, 0.05) is 37.8 Å². The van der Waals surface area contributed by atoms with Crippen LogP contribution in [-0.4, -0.2) is 54.1 Å². The number of thiazole rings is 1. The highest BCUT2D eigenvalue weighted by atomic mass is 32.1. The van der Waals surface area contributed by atoms with Gasteiger partial charge in [-0.25, -0.2) is 4.98 Å². The molecule has 116 valence electrons. The second-order valence-corrected chi connectivity index (χ2v) is 6.83. The lowest BCUT2D eigenvalue weighted by atomic mass is 9.90. The van der Waals surface area contributed by atoms with E-state index in [1.165, 1.54) is 0 Å². The van der Waals surface area contributed by atoms with Crippen molar-refractivity contribution in [3.8, 4) is 0 Å². The van der Waals surface area contributed by atoms with E-state index in [2.05, 4.69) is 27.0 Å².